The molecular formula is C22H27N5O3S2. The summed E-state index contributed by atoms with van der Waals surface area (Å²) in [5.74, 6) is 0.504. The highest BCUT2D eigenvalue weighted by atomic mass is 32.2. The van der Waals surface area contributed by atoms with Crippen molar-refractivity contribution in [1.29, 1.82) is 0 Å². The monoisotopic (exact) mass is 473 g/mol. The molecule has 10 heteroatoms. The van der Waals surface area contributed by atoms with Crippen LogP contribution < -0.4 is 5.32 Å². The Morgan fingerprint density at radius 3 is 2.47 bits per heavy atom. The molecule has 1 amide bonds. The number of carbonyl (C=O) groups is 1. The van der Waals surface area contributed by atoms with Gasteiger partial charge in [0, 0.05) is 42.0 Å². The Morgan fingerprint density at radius 2 is 1.81 bits per heavy atom. The number of aryl methyl sites for hydroxylation is 2. The van der Waals surface area contributed by atoms with Crippen molar-refractivity contribution in [3.8, 4) is 0 Å². The van der Waals surface area contributed by atoms with Gasteiger partial charge in [0.1, 0.15) is 5.82 Å². The quantitative estimate of drug-likeness (QED) is 0.570. The van der Waals surface area contributed by atoms with Crippen LogP contribution in [0.4, 0.5) is 5.82 Å². The van der Waals surface area contributed by atoms with E-state index in [1.54, 1.807) is 23.0 Å². The van der Waals surface area contributed by atoms with Crippen LogP contribution in [0.25, 0.3) is 0 Å². The standard InChI is InChI=1S/C22H27N5O3S2/c1-17-14-20(18(2)31-17)32(29,30)26-12-10-25(11-13-26)16-22(28)24-21-8-9-23-27(21)15-19-6-4-3-5-7-19/h3-9,14H,10-13,15-16H2,1-2H3,(H,24,28). The Bertz CT molecular complexity index is 1180. The molecule has 0 spiro atoms. The second-order valence-electron chi connectivity index (χ2n) is 7.87. The van der Waals surface area contributed by atoms with E-state index in [9.17, 15) is 13.2 Å². The second-order valence-corrected chi connectivity index (χ2v) is 11.2. The van der Waals surface area contributed by atoms with E-state index in [0.29, 0.717) is 43.4 Å². The van der Waals surface area contributed by atoms with Gasteiger partial charge in [-0.05, 0) is 25.5 Å². The third-order valence-corrected chi connectivity index (χ3v) is 8.59. The van der Waals surface area contributed by atoms with E-state index in [1.807, 2.05) is 49.1 Å². The molecule has 2 aromatic heterocycles. The minimum atomic E-state index is -3.50. The highest BCUT2D eigenvalue weighted by Gasteiger charge is 2.31. The zero-order chi connectivity index (χ0) is 22.7. The Kier molecular flexibility index (Phi) is 6.75. The molecule has 32 heavy (non-hydrogen) atoms. The van der Waals surface area contributed by atoms with Crippen molar-refractivity contribution in [2.45, 2.75) is 25.3 Å². The molecule has 3 aromatic rings. The smallest absolute Gasteiger partial charge is 0.244 e. The van der Waals surface area contributed by atoms with Crippen LogP contribution >= 0.6 is 11.3 Å². The van der Waals surface area contributed by atoms with E-state index in [2.05, 4.69) is 10.4 Å². The molecule has 0 radical (unpaired) electrons. The molecule has 0 bridgehead atoms. The molecule has 0 saturated carbocycles. The minimum Gasteiger partial charge on any atom is -0.310 e. The molecule has 8 nitrogen and oxygen atoms in total. The number of anilines is 1. The number of hydrogen-bond acceptors (Lipinski definition) is 6. The van der Waals surface area contributed by atoms with E-state index in [-0.39, 0.29) is 12.5 Å². The summed E-state index contributed by atoms with van der Waals surface area (Å²) in [6, 6.07) is 13.4. The number of nitrogens with zero attached hydrogens (tertiary/aromatic N) is 4. The summed E-state index contributed by atoms with van der Waals surface area (Å²) in [5.41, 5.74) is 1.10. The van der Waals surface area contributed by atoms with Crippen molar-refractivity contribution >= 4 is 33.1 Å². The lowest BCUT2D eigenvalue weighted by atomic mass is 10.2. The van der Waals surface area contributed by atoms with Crippen molar-refractivity contribution in [2.75, 3.05) is 38.0 Å². The third-order valence-electron chi connectivity index (χ3n) is 5.47. The number of hydrogen-bond donors (Lipinski definition) is 1. The summed E-state index contributed by atoms with van der Waals surface area (Å²) < 4.78 is 29.2. The van der Waals surface area contributed by atoms with Gasteiger partial charge in [-0.1, -0.05) is 30.3 Å². The molecule has 1 N–H and O–H groups in total. The van der Waals surface area contributed by atoms with Crippen molar-refractivity contribution in [1.82, 2.24) is 19.0 Å². The molecule has 0 unspecified atom stereocenters. The van der Waals surface area contributed by atoms with Crippen LogP contribution in [0.3, 0.4) is 0 Å². The third kappa shape index (κ3) is 5.09. The summed E-state index contributed by atoms with van der Waals surface area (Å²) >= 11 is 1.50. The molecular weight excluding hydrogens is 446 g/mol. The van der Waals surface area contributed by atoms with Gasteiger partial charge >= 0.3 is 0 Å². The van der Waals surface area contributed by atoms with Gasteiger partial charge in [0.2, 0.25) is 15.9 Å². The van der Waals surface area contributed by atoms with Gasteiger partial charge in [0.15, 0.2) is 0 Å². The van der Waals surface area contributed by atoms with E-state index >= 15 is 0 Å². The topological polar surface area (TPSA) is 87.5 Å². The second kappa shape index (κ2) is 9.53. The number of thiophene rings is 1. The molecule has 1 fully saturated rings. The summed E-state index contributed by atoms with van der Waals surface area (Å²) in [5, 5.41) is 7.23. The van der Waals surface area contributed by atoms with Crippen LogP contribution in [0.15, 0.2) is 53.6 Å². The highest BCUT2D eigenvalue weighted by Crippen LogP contribution is 2.28. The first-order valence-corrected chi connectivity index (χ1v) is 12.7. The fourth-order valence-electron chi connectivity index (χ4n) is 3.84. The fraction of sp³-hybridized carbons (Fsp3) is 0.364. The Labute approximate surface area is 192 Å². The molecule has 0 aliphatic carbocycles. The zero-order valence-corrected chi connectivity index (χ0v) is 19.8. The predicted octanol–water partition coefficient (Wildman–Crippen LogP) is 2.55. The first-order chi connectivity index (χ1) is 15.3. The van der Waals surface area contributed by atoms with Crippen LogP contribution in [-0.4, -0.2) is 66.0 Å². The van der Waals surface area contributed by atoms with Crippen LogP contribution in [-0.2, 0) is 21.4 Å². The number of rotatable bonds is 7. The molecule has 3 heterocycles. The summed E-state index contributed by atoms with van der Waals surface area (Å²) in [7, 11) is -3.50. The molecule has 1 aromatic carbocycles. The predicted molar refractivity (Wildman–Crippen MR) is 125 cm³/mol. The highest BCUT2D eigenvalue weighted by molar-refractivity contribution is 7.89. The maximum atomic E-state index is 13.0. The number of nitrogens with one attached hydrogen (secondary N) is 1. The van der Waals surface area contributed by atoms with E-state index < -0.39 is 10.0 Å². The number of carbonyl (C=O) groups excluding carboxylic acids is 1. The molecule has 4 rings (SSSR count). The molecule has 1 saturated heterocycles. The van der Waals surface area contributed by atoms with Crippen molar-refractivity contribution in [2.24, 2.45) is 0 Å². The molecule has 0 atom stereocenters. The number of amides is 1. The number of benzene rings is 1. The average Bonchev–Trinajstić information content (AvgIpc) is 3.34. The van der Waals surface area contributed by atoms with E-state index in [0.717, 1.165) is 15.3 Å². The van der Waals surface area contributed by atoms with Gasteiger partial charge in [0.25, 0.3) is 0 Å². The lowest BCUT2D eigenvalue weighted by Gasteiger charge is -2.33. The van der Waals surface area contributed by atoms with Crippen LogP contribution in [0.2, 0.25) is 0 Å². The molecule has 1 aliphatic heterocycles. The fourth-order valence-corrected chi connectivity index (χ4v) is 6.78. The van der Waals surface area contributed by atoms with Crippen molar-refractivity contribution in [3.63, 3.8) is 0 Å². The Hall–Kier alpha value is -2.53. The largest absolute Gasteiger partial charge is 0.310 e. The molecule has 1 aliphatic rings. The minimum absolute atomic E-state index is 0.138. The van der Waals surface area contributed by atoms with E-state index in [1.165, 1.54) is 15.6 Å². The lowest BCUT2D eigenvalue weighted by Crippen LogP contribution is -2.50. The summed E-state index contributed by atoms with van der Waals surface area (Å²) in [6.45, 7) is 6.30. The summed E-state index contributed by atoms with van der Waals surface area (Å²) in [4.78, 5) is 16.8. The Morgan fingerprint density at radius 1 is 1.09 bits per heavy atom. The van der Waals surface area contributed by atoms with Gasteiger partial charge in [-0.15, -0.1) is 11.3 Å². The summed E-state index contributed by atoms with van der Waals surface area (Å²) in [6.07, 6.45) is 1.66. The average molecular weight is 474 g/mol. The zero-order valence-electron chi connectivity index (χ0n) is 18.2. The van der Waals surface area contributed by atoms with Crippen molar-refractivity contribution in [3.05, 3.63) is 64.0 Å². The maximum Gasteiger partial charge on any atom is 0.244 e. The first kappa shape index (κ1) is 22.7. The maximum absolute atomic E-state index is 13.0. The van der Waals surface area contributed by atoms with Crippen molar-refractivity contribution < 1.29 is 13.2 Å². The Balaban J connectivity index is 1.31. The number of sulfonamides is 1. The number of aromatic nitrogens is 2. The van der Waals surface area contributed by atoms with Gasteiger partial charge in [-0.25, -0.2) is 13.1 Å². The van der Waals surface area contributed by atoms with Gasteiger partial charge in [0.05, 0.1) is 24.2 Å². The SMILES string of the molecule is Cc1cc(S(=O)(=O)N2CCN(CC(=O)Nc3ccnn3Cc3ccccc3)CC2)c(C)s1. The van der Waals surface area contributed by atoms with E-state index in [4.69, 9.17) is 0 Å². The van der Waals surface area contributed by atoms with Crippen LogP contribution in [0.5, 0.6) is 0 Å². The normalized spacial score (nSPS) is 15.7. The van der Waals surface area contributed by atoms with Crippen LogP contribution in [0.1, 0.15) is 15.3 Å². The lowest BCUT2D eigenvalue weighted by molar-refractivity contribution is -0.117. The number of piperazine rings is 1. The first-order valence-electron chi connectivity index (χ1n) is 10.5. The van der Waals surface area contributed by atoms with Crippen LogP contribution in [0, 0.1) is 13.8 Å². The molecule has 170 valence electrons. The van der Waals surface area contributed by atoms with Gasteiger partial charge < -0.3 is 5.32 Å². The van der Waals surface area contributed by atoms with Gasteiger partial charge in [-0.2, -0.15) is 9.40 Å². The van der Waals surface area contributed by atoms with Gasteiger partial charge in [-0.3, -0.25) is 9.69 Å².